The van der Waals surface area contributed by atoms with Crippen LogP contribution in [0.4, 0.5) is 11.5 Å². The van der Waals surface area contributed by atoms with Crippen LogP contribution in [0.1, 0.15) is 46.9 Å². The van der Waals surface area contributed by atoms with E-state index in [1.165, 1.54) is 6.33 Å². The van der Waals surface area contributed by atoms with E-state index in [1.807, 2.05) is 30.1 Å². The fourth-order valence-electron chi connectivity index (χ4n) is 5.64. The van der Waals surface area contributed by atoms with Gasteiger partial charge in [-0.2, -0.15) is 0 Å². The molecule has 1 aliphatic heterocycles. The smallest absolute Gasteiger partial charge is 0.417 e. The average molecular weight is 559 g/mol. The fraction of sp³-hybridized carbons (Fsp3) is 0.367. The molecule has 1 saturated heterocycles. The van der Waals surface area contributed by atoms with E-state index in [9.17, 15) is 14.4 Å². The molecule has 1 amide bonds. The minimum Gasteiger partial charge on any atom is -0.497 e. The van der Waals surface area contributed by atoms with E-state index in [4.69, 9.17) is 9.15 Å². The molecule has 0 aliphatic carbocycles. The number of aromatic amines is 1. The number of aryl methyl sites for hydroxylation is 1. The van der Waals surface area contributed by atoms with Crippen LogP contribution in [0.5, 0.6) is 5.75 Å². The highest BCUT2D eigenvalue weighted by Gasteiger charge is 2.30. The lowest BCUT2D eigenvalue weighted by atomic mass is 9.96. The highest BCUT2D eigenvalue weighted by atomic mass is 16.5. The van der Waals surface area contributed by atoms with Gasteiger partial charge in [-0.15, -0.1) is 0 Å². The van der Waals surface area contributed by atoms with Gasteiger partial charge in [-0.05, 0) is 74.6 Å². The monoisotopic (exact) mass is 558 g/mol. The zero-order valence-corrected chi connectivity index (χ0v) is 23.6. The van der Waals surface area contributed by atoms with Crippen molar-refractivity contribution in [1.29, 1.82) is 0 Å². The second-order valence-electron chi connectivity index (χ2n) is 10.4. The Labute approximate surface area is 237 Å². The molecule has 4 aromatic rings. The van der Waals surface area contributed by atoms with Crippen LogP contribution in [0.15, 0.2) is 51.9 Å². The van der Waals surface area contributed by atoms with Crippen LogP contribution in [-0.4, -0.2) is 71.4 Å². The van der Waals surface area contributed by atoms with Crippen molar-refractivity contribution in [3.8, 4) is 5.75 Å². The first-order chi connectivity index (χ1) is 19.8. The number of hydrogen-bond acceptors (Lipinski definition) is 9. The molecule has 2 atom stereocenters. The van der Waals surface area contributed by atoms with Gasteiger partial charge in [0.1, 0.15) is 23.6 Å². The molecule has 0 radical (unpaired) electrons. The number of ketones is 1. The first kappa shape index (κ1) is 27.9. The molecule has 2 aromatic carbocycles. The van der Waals surface area contributed by atoms with Crippen molar-refractivity contribution in [1.82, 2.24) is 19.9 Å². The van der Waals surface area contributed by atoms with E-state index in [-0.39, 0.29) is 23.6 Å². The van der Waals surface area contributed by atoms with Crippen LogP contribution in [0.2, 0.25) is 0 Å². The summed E-state index contributed by atoms with van der Waals surface area (Å²) in [6.45, 7) is 5.19. The predicted octanol–water partition coefficient (Wildman–Crippen LogP) is 3.56. The highest BCUT2D eigenvalue weighted by Crippen LogP contribution is 2.28. The standard InChI is InChI=1S/C30H34N6O5/c1-18-11-21(14-26-28(18)34-30(39)41-26)29(38)25-15-27(33-16-32-25)36-10-8-22(12-19(36)2)35(17-37)9-7-20-13-23(40-4)5-6-24(20)31-3/h5-6,11,13-17,19,22,31H,7-10,12H2,1-4H3,(H,34,39). The zero-order valence-electron chi connectivity index (χ0n) is 23.6. The summed E-state index contributed by atoms with van der Waals surface area (Å²) in [5, 5.41) is 3.21. The van der Waals surface area contributed by atoms with Crippen molar-refractivity contribution in [3.63, 3.8) is 0 Å². The number of aromatic nitrogens is 3. The van der Waals surface area contributed by atoms with E-state index in [0.717, 1.165) is 41.8 Å². The molecule has 11 heteroatoms. The second-order valence-corrected chi connectivity index (χ2v) is 10.4. The number of carbonyl (C=O) groups is 2. The van der Waals surface area contributed by atoms with Crippen molar-refractivity contribution in [3.05, 3.63) is 75.7 Å². The van der Waals surface area contributed by atoms with E-state index < -0.39 is 5.76 Å². The number of methoxy groups -OCH3 is 1. The number of oxazole rings is 1. The largest absolute Gasteiger partial charge is 0.497 e. The molecule has 2 aromatic heterocycles. The van der Waals surface area contributed by atoms with Gasteiger partial charge in [-0.25, -0.2) is 14.8 Å². The third-order valence-electron chi connectivity index (χ3n) is 7.84. The third-order valence-corrected chi connectivity index (χ3v) is 7.84. The van der Waals surface area contributed by atoms with Gasteiger partial charge >= 0.3 is 5.76 Å². The van der Waals surface area contributed by atoms with Gasteiger partial charge in [0.05, 0.1) is 12.6 Å². The Balaban J connectivity index is 1.27. The Morgan fingerprint density at radius 2 is 2.10 bits per heavy atom. The van der Waals surface area contributed by atoms with Gasteiger partial charge in [0.25, 0.3) is 0 Å². The van der Waals surface area contributed by atoms with Gasteiger partial charge in [0.15, 0.2) is 5.58 Å². The lowest BCUT2D eigenvalue weighted by Crippen LogP contribution is -2.49. The van der Waals surface area contributed by atoms with E-state index >= 15 is 0 Å². The molecule has 0 spiro atoms. The van der Waals surface area contributed by atoms with Crippen molar-refractivity contribution in [2.45, 2.75) is 45.2 Å². The normalized spacial score (nSPS) is 16.9. The van der Waals surface area contributed by atoms with E-state index in [0.29, 0.717) is 42.0 Å². The summed E-state index contributed by atoms with van der Waals surface area (Å²) in [5.74, 6) is 0.599. The molecule has 3 heterocycles. The summed E-state index contributed by atoms with van der Waals surface area (Å²) in [7, 11) is 3.53. The third kappa shape index (κ3) is 5.79. The molecule has 2 unspecified atom stereocenters. The molecule has 2 N–H and O–H groups in total. The van der Waals surface area contributed by atoms with Gasteiger partial charge in [-0.1, -0.05) is 0 Å². The molecule has 41 heavy (non-hydrogen) atoms. The van der Waals surface area contributed by atoms with Gasteiger partial charge < -0.3 is 24.3 Å². The molecule has 1 aliphatic rings. The van der Waals surface area contributed by atoms with Crippen LogP contribution in [-0.2, 0) is 11.2 Å². The molecule has 214 valence electrons. The SMILES string of the molecule is CNc1ccc(OC)cc1CCN(C=O)C1CCN(c2cc(C(=O)c3cc(C)c4[nH]c(=O)oc4c3)ncn2)C(C)C1. The number of anilines is 2. The average Bonchev–Trinajstić information content (AvgIpc) is 3.37. The Morgan fingerprint density at radius 3 is 2.83 bits per heavy atom. The summed E-state index contributed by atoms with van der Waals surface area (Å²) in [5.41, 5.74) is 4.38. The molecule has 1 fully saturated rings. The van der Waals surface area contributed by atoms with Crippen LogP contribution in [0.25, 0.3) is 11.1 Å². The zero-order chi connectivity index (χ0) is 29.1. The number of nitrogens with one attached hydrogen (secondary N) is 2. The van der Waals surface area contributed by atoms with Crippen molar-refractivity contribution >= 4 is 34.8 Å². The predicted molar refractivity (Wildman–Crippen MR) is 156 cm³/mol. The van der Waals surface area contributed by atoms with E-state index in [2.05, 4.69) is 32.1 Å². The molecule has 0 saturated carbocycles. The number of carbonyl (C=O) groups excluding carboxylic acids is 2. The fourth-order valence-corrected chi connectivity index (χ4v) is 5.64. The quantitative estimate of drug-likeness (QED) is 0.221. The maximum Gasteiger partial charge on any atom is 0.417 e. The maximum atomic E-state index is 13.3. The first-order valence-electron chi connectivity index (χ1n) is 13.6. The van der Waals surface area contributed by atoms with Crippen molar-refractivity contribution < 1.29 is 18.7 Å². The number of piperidine rings is 1. The highest BCUT2D eigenvalue weighted by molar-refractivity contribution is 6.09. The molecule has 5 rings (SSSR count). The maximum absolute atomic E-state index is 13.3. The van der Waals surface area contributed by atoms with Crippen molar-refractivity contribution in [2.24, 2.45) is 0 Å². The van der Waals surface area contributed by atoms with Crippen LogP contribution in [0.3, 0.4) is 0 Å². The number of nitrogens with zero attached hydrogens (tertiary/aromatic N) is 4. The Bertz CT molecular complexity index is 1630. The molecule has 0 bridgehead atoms. The lowest BCUT2D eigenvalue weighted by Gasteiger charge is -2.41. The molecule has 11 nitrogen and oxygen atoms in total. The first-order valence-corrected chi connectivity index (χ1v) is 13.6. The number of rotatable bonds is 10. The Kier molecular flexibility index (Phi) is 8.04. The topological polar surface area (TPSA) is 134 Å². The summed E-state index contributed by atoms with van der Waals surface area (Å²) in [6.07, 6.45) is 4.59. The Hall–Kier alpha value is -4.67. The lowest BCUT2D eigenvalue weighted by molar-refractivity contribution is -0.120. The number of H-pyrrole nitrogens is 1. The van der Waals surface area contributed by atoms with Crippen LogP contribution < -0.4 is 20.7 Å². The van der Waals surface area contributed by atoms with Gasteiger partial charge in [0, 0.05) is 49.5 Å². The molecular formula is C30H34N6O5. The van der Waals surface area contributed by atoms with Gasteiger partial charge in [0.2, 0.25) is 12.2 Å². The summed E-state index contributed by atoms with van der Waals surface area (Å²) >= 11 is 0. The number of benzene rings is 2. The number of hydrogen-bond donors (Lipinski definition) is 2. The minimum absolute atomic E-state index is 0.0893. The van der Waals surface area contributed by atoms with Crippen molar-refractivity contribution in [2.75, 3.05) is 37.5 Å². The minimum atomic E-state index is -0.564. The van der Waals surface area contributed by atoms with E-state index in [1.54, 1.807) is 32.2 Å². The van der Waals surface area contributed by atoms with Crippen LogP contribution >= 0.6 is 0 Å². The van der Waals surface area contributed by atoms with Gasteiger partial charge in [-0.3, -0.25) is 14.6 Å². The Morgan fingerprint density at radius 1 is 1.27 bits per heavy atom. The second kappa shape index (κ2) is 11.8. The summed E-state index contributed by atoms with van der Waals surface area (Å²) < 4.78 is 10.5. The summed E-state index contributed by atoms with van der Waals surface area (Å²) in [4.78, 5) is 52.4. The molecular weight excluding hydrogens is 524 g/mol. The van der Waals surface area contributed by atoms with Crippen LogP contribution in [0, 0.1) is 6.92 Å². The number of fused-ring (bicyclic) bond motifs is 1. The summed E-state index contributed by atoms with van der Waals surface area (Å²) in [6, 6.07) is 11.0. The number of amides is 1. The number of ether oxygens (including phenoxy) is 1.